The van der Waals surface area contributed by atoms with E-state index in [1.54, 1.807) is 11.8 Å². The highest BCUT2D eigenvalue weighted by molar-refractivity contribution is 5.96. The van der Waals surface area contributed by atoms with Crippen molar-refractivity contribution in [1.29, 1.82) is 0 Å². The van der Waals surface area contributed by atoms with Gasteiger partial charge in [0, 0.05) is 6.04 Å². The van der Waals surface area contributed by atoms with Gasteiger partial charge in [0.05, 0.1) is 0 Å². The molecular weight excluding hydrogens is 204 g/mol. The van der Waals surface area contributed by atoms with Gasteiger partial charge in [-0.1, -0.05) is 12.8 Å². The molecule has 2 rings (SSSR count). The summed E-state index contributed by atoms with van der Waals surface area (Å²) in [5, 5.41) is 2.70. The zero-order chi connectivity index (χ0) is 11.9. The largest absolute Gasteiger partial charge is 0.343 e. The van der Waals surface area contributed by atoms with Gasteiger partial charge in [-0.3, -0.25) is 9.59 Å². The average molecular weight is 224 g/mol. The molecule has 1 heterocycles. The second-order valence-electron chi connectivity index (χ2n) is 5.18. The number of piperazine rings is 1. The topological polar surface area (TPSA) is 49.4 Å². The quantitative estimate of drug-likeness (QED) is 0.774. The van der Waals surface area contributed by atoms with Crippen LogP contribution < -0.4 is 5.32 Å². The lowest BCUT2D eigenvalue weighted by molar-refractivity contribution is -0.150. The highest BCUT2D eigenvalue weighted by Crippen LogP contribution is 2.35. The number of carbonyl (C=O) groups excluding carboxylic acids is 2. The Hall–Kier alpha value is -1.06. The number of carbonyl (C=O) groups is 2. The first-order valence-electron chi connectivity index (χ1n) is 6.13. The van der Waals surface area contributed by atoms with Crippen LogP contribution in [0, 0.1) is 5.92 Å². The predicted octanol–water partition coefficient (Wildman–Crippen LogP) is 0.910. The fourth-order valence-electron chi connectivity index (χ4n) is 2.48. The number of nitrogens with one attached hydrogen (secondary N) is 1. The molecule has 1 saturated heterocycles. The molecule has 4 nitrogen and oxygen atoms in total. The zero-order valence-corrected chi connectivity index (χ0v) is 10.2. The lowest BCUT2D eigenvalue weighted by Gasteiger charge is -2.40. The molecule has 0 bridgehead atoms. The molecule has 0 aromatic heterocycles. The van der Waals surface area contributed by atoms with E-state index in [1.165, 1.54) is 12.8 Å². The summed E-state index contributed by atoms with van der Waals surface area (Å²) in [6.45, 7) is 5.61. The summed E-state index contributed by atoms with van der Waals surface area (Å²) >= 11 is 0. The summed E-state index contributed by atoms with van der Waals surface area (Å²) < 4.78 is 0. The second kappa shape index (κ2) is 4.07. The van der Waals surface area contributed by atoms with Gasteiger partial charge >= 0.3 is 0 Å². The van der Waals surface area contributed by atoms with E-state index in [2.05, 4.69) is 12.2 Å². The first kappa shape index (κ1) is 11.4. The van der Waals surface area contributed by atoms with Gasteiger partial charge in [0.25, 0.3) is 0 Å². The van der Waals surface area contributed by atoms with Gasteiger partial charge in [-0.25, -0.2) is 0 Å². The lowest BCUT2D eigenvalue weighted by Crippen LogP contribution is -2.63. The Morgan fingerprint density at radius 1 is 1.38 bits per heavy atom. The van der Waals surface area contributed by atoms with Crippen LogP contribution in [0.2, 0.25) is 0 Å². The van der Waals surface area contributed by atoms with Crippen molar-refractivity contribution in [1.82, 2.24) is 10.2 Å². The van der Waals surface area contributed by atoms with Crippen LogP contribution in [0.4, 0.5) is 0 Å². The molecule has 2 fully saturated rings. The molecule has 1 aliphatic carbocycles. The third-order valence-electron chi connectivity index (χ3n) is 3.63. The van der Waals surface area contributed by atoms with Crippen LogP contribution in [-0.2, 0) is 9.59 Å². The fraction of sp³-hybridized carbons (Fsp3) is 0.833. The molecule has 3 atom stereocenters. The molecule has 1 N–H and O–H groups in total. The van der Waals surface area contributed by atoms with E-state index >= 15 is 0 Å². The van der Waals surface area contributed by atoms with E-state index in [4.69, 9.17) is 0 Å². The van der Waals surface area contributed by atoms with Crippen molar-refractivity contribution in [2.75, 3.05) is 0 Å². The number of hydrogen-bond acceptors (Lipinski definition) is 2. The van der Waals surface area contributed by atoms with Crippen LogP contribution in [0.25, 0.3) is 0 Å². The smallest absolute Gasteiger partial charge is 0.245 e. The van der Waals surface area contributed by atoms with Gasteiger partial charge < -0.3 is 10.2 Å². The van der Waals surface area contributed by atoms with Crippen LogP contribution >= 0.6 is 0 Å². The number of nitrogens with zero attached hydrogens (tertiary/aromatic N) is 1. The maximum atomic E-state index is 12.0. The summed E-state index contributed by atoms with van der Waals surface area (Å²) in [4.78, 5) is 25.5. The molecule has 4 heteroatoms. The zero-order valence-electron chi connectivity index (χ0n) is 10.2. The standard InChI is InChI=1S/C12H20N2O2/c1-7(6-10-4-5-10)14-9(3)11(15)13-8(2)12(14)16/h7-10H,4-6H2,1-3H3,(H,13,15). The average Bonchev–Trinajstić information content (AvgIpc) is 2.99. The maximum absolute atomic E-state index is 12.0. The normalized spacial score (nSPS) is 32.6. The van der Waals surface area contributed by atoms with Crippen molar-refractivity contribution in [3.05, 3.63) is 0 Å². The summed E-state index contributed by atoms with van der Waals surface area (Å²) in [6.07, 6.45) is 3.60. The SMILES string of the molecule is CC1NC(=O)C(C)N(C(C)CC2CC2)C1=O. The van der Waals surface area contributed by atoms with Crippen molar-refractivity contribution >= 4 is 11.8 Å². The Morgan fingerprint density at radius 3 is 2.56 bits per heavy atom. The molecule has 90 valence electrons. The molecule has 1 saturated carbocycles. The van der Waals surface area contributed by atoms with E-state index in [-0.39, 0.29) is 29.9 Å². The summed E-state index contributed by atoms with van der Waals surface area (Å²) in [7, 11) is 0. The highest BCUT2D eigenvalue weighted by Gasteiger charge is 2.39. The maximum Gasteiger partial charge on any atom is 0.245 e. The van der Waals surface area contributed by atoms with E-state index in [0.29, 0.717) is 0 Å². The first-order chi connectivity index (χ1) is 7.50. The van der Waals surface area contributed by atoms with E-state index in [1.807, 2.05) is 6.92 Å². The van der Waals surface area contributed by atoms with Gasteiger partial charge in [0.2, 0.25) is 11.8 Å². The van der Waals surface area contributed by atoms with Crippen LogP contribution in [0.3, 0.4) is 0 Å². The Morgan fingerprint density at radius 2 is 2.00 bits per heavy atom. The molecule has 0 radical (unpaired) electrons. The molecule has 2 aliphatic rings. The summed E-state index contributed by atoms with van der Waals surface area (Å²) in [6, 6.07) is -0.508. The van der Waals surface area contributed by atoms with Crippen molar-refractivity contribution in [3.63, 3.8) is 0 Å². The van der Waals surface area contributed by atoms with Crippen molar-refractivity contribution < 1.29 is 9.59 Å². The van der Waals surface area contributed by atoms with Gasteiger partial charge in [-0.2, -0.15) is 0 Å². The lowest BCUT2D eigenvalue weighted by atomic mass is 10.0. The summed E-state index contributed by atoms with van der Waals surface area (Å²) in [5.41, 5.74) is 0. The molecular formula is C12H20N2O2. The highest BCUT2D eigenvalue weighted by atomic mass is 16.2. The number of rotatable bonds is 3. The van der Waals surface area contributed by atoms with E-state index < -0.39 is 0 Å². The first-order valence-corrected chi connectivity index (χ1v) is 6.13. The Kier molecular flexibility index (Phi) is 2.91. The van der Waals surface area contributed by atoms with Gasteiger partial charge in [0.1, 0.15) is 12.1 Å². The Labute approximate surface area is 96.4 Å². The van der Waals surface area contributed by atoms with E-state index in [0.717, 1.165) is 12.3 Å². The molecule has 2 amide bonds. The van der Waals surface area contributed by atoms with Crippen LogP contribution in [0.1, 0.15) is 40.0 Å². The van der Waals surface area contributed by atoms with Gasteiger partial charge in [0.15, 0.2) is 0 Å². The second-order valence-corrected chi connectivity index (χ2v) is 5.18. The molecule has 3 unspecified atom stereocenters. The van der Waals surface area contributed by atoms with Crippen molar-refractivity contribution in [2.24, 2.45) is 5.92 Å². The van der Waals surface area contributed by atoms with Crippen molar-refractivity contribution in [2.45, 2.75) is 58.2 Å². The van der Waals surface area contributed by atoms with Gasteiger partial charge in [-0.05, 0) is 33.1 Å². The third kappa shape index (κ3) is 2.06. The van der Waals surface area contributed by atoms with Crippen LogP contribution in [0.15, 0.2) is 0 Å². The molecule has 0 aromatic carbocycles. The van der Waals surface area contributed by atoms with Gasteiger partial charge in [-0.15, -0.1) is 0 Å². The minimum atomic E-state index is -0.370. The predicted molar refractivity (Wildman–Crippen MR) is 60.7 cm³/mol. The minimum Gasteiger partial charge on any atom is -0.343 e. The Balaban J connectivity index is 2.08. The van der Waals surface area contributed by atoms with Crippen LogP contribution in [0.5, 0.6) is 0 Å². The monoisotopic (exact) mass is 224 g/mol. The Bertz CT molecular complexity index is 312. The fourth-order valence-corrected chi connectivity index (χ4v) is 2.48. The molecule has 0 spiro atoms. The number of hydrogen-bond donors (Lipinski definition) is 1. The third-order valence-corrected chi connectivity index (χ3v) is 3.63. The number of amides is 2. The molecule has 16 heavy (non-hydrogen) atoms. The van der Waals surface area contributed by atoms with Crippen LogP contribution in [-0.4, -0.2) is 34.8 Å². The van der Waals surface area contributed by atoms with E-state index in [9.17, 15) is 9.59 Å². The minimum absolute atomic E-state index is 0.0326. The summed E-state index contributed by atoms with van der Waals surface area (Å²) in [5.74, 6) is 0.797. The van der Waals surface area contributed by atoms with Crippen molar-refractivity contribution in [3.8, 4) is 0 Å². The molecule has 0 aromatic rings. The molecule has 1 aliphatic heterocycles.